The van der Waals surface area contributed by atoms with E-state index >= 15 is 0 Å². The van der Waals surface area contributed by atoms with Crippen LogP contribution >= 0.6 is 0 Å². The normalized spacial score (nSPS) is 14.5. The number of carbonyl (C=O) groups is 1. The molecule has 0 aliphatic heterocycles. The third kappa shape index (κ3) is 4.63. The van der Waals surface area contributed by atoms with Gasteiger partial charge in [0.05, 0.1) is 11.7 Å². The van der Waals surface area contributed by atoms with Gasteiger partial charge in [0.25, 0.3) is 0 Å². The topological polar surface area (TPSA) is 26.3 Å². The van der Waals surface area contributed by atoms with E-state index in [2.05, 4.69) is 13.2 Å². The highest BCUT2D eigenvalue weighted by Gasteiger charge is 2.32. The summed E-state index contributed by atoms with van der Waals surface area (Å²) in [5.41, 5.74) is -0.456. The molecule has 0 aliphatic rings. The summed E-state index contributed by atoms with van der Waals surface area (Å²) in [6.45, 7) is 11.1. The van der Waals surface area contributed by atoms with Gasteiger partial charge < -0.3 is 4.74 Å². The Labute approximate surface area is 92.3 Å². The van der Waals surface area contributed by atoms with Crippen LogP contribution in [0.2, 0.25) is 0 Å². The van der Waals surface area contributed by atoms with Crippen LogP contribution in [0.15, 0.2) is 37.6 Å². The van der Waals surface area contributed by atoms with Crippen LogP contribution in [0.1, 0.15) is 33.1 Å². The van der Waals surface area contributed by atoms with Crippen molar-refractivity contribution in [1.82, 2.24) is 0 Å². The second kappa shape index (κ2) is 7.04. The van der Waals surface area contributed by atoms with E-state index < -0.39 is 5.41 Å². The van der Waals surface area contributed by atoms with Crippen LogP contribution in [0.4, 0.5) is 0 Å². The van der Waals surface area contributed by atoms with E-state index in [-0.39, 0.29) is 5.97 Å². The van der Waals surface area contributed by atoms with E-state index in [0.29, 0.717) is 6.42 Å². The molecular weight excluding hydrogens is 188 g/mol. The van der Waals surface area contributed by atoms with E-state index in [4.69, 9.17) is 4.74 Å². The highest BCUT2D eigenvalue weighted by atomic mass is 16.5. The standard InChI is InChI=1S/C13H20O2/c1-5-8-11-15-12(14)13(4,9-6-2)10-7-3/h5-6,8,11H,1-2,7,9-10H2,3-4H3. The van der Waals surface area contributed by atoms with E-state index in [0.717, 1.165) is 12.8 Å². The lowest BCUT2D eigenvalue weighted by Crippen LogP contribution is -2.28. The minimum Gasteiger partial charge on any atom is -0.434 e. The first-order valence-electron chi connectivity index (χ1n) is 5.20. The predicted molar refractivity (Wildman–Crippen MR) is 63.3 cm³/mol. The summed E-state index contributed by atoms with van der Waals surface area (Å²) in [6.07, 6.45) is 8.68. The van der Waals surface area contributed by atoms with Gasteiger partial charge in [0.1, 0.15) is 0 Å². The van der Waals surface area contributed by atoms with Gasteiger partial charge in [-0.15, -0.1) is 6.58 Å². The highest BCUT2D eigenvalue weighted by molar-refractivity contribution is 5.77. The van der Waals surface area contributed by atoms with E-state index in [9.17, 15) is 4.79 Å². The number of ether oxygens (including phenoxy) is 1. The zero-order valence-electron chi connectivity index (χ0n) is 9.66. The number of hydrogen-bond acceptors (Lipinski definition) is 2. The second-order valence-corrected chi connectivity index (χ2v) is 3.77. The Bertz CT molecular complexity index is 253. The number of rotatable bonds is 7. The molecule has 0 aromatic heterocycles. The minimum atomic E-state index is -0.456. The van der Waals surface area contributed by atoms with Crippen molar-refractivity contribution in [2.75, 3.05) is 0 Å². The molecule has 0 N–H and O–H groups in total. The number of hydrogen-bond donors (Lipinski definition) is 0. The molecule has 84 valence electrons. The molecule has 0 aliphatic carbocycles. The molecule has 0 saturated carbocycles. The molecule has 0 rings (SSSR count). The van der Waals surface area contributed by atoms with Crippen molar-refractivity contribution < 1.29 is 9.53 Å². The summed E-state index contributed by atoms with van der Waals surface area (Å²) < 4.78 is 5.01. The maximum atomic E-state index is 11.8. The Balaban J connectivity index is 4.46. The van der Waals surface area contributed by atoms with Crippen LogP contribution in [0.3, 0.4) is 0 Å². The van der Waals surface area contributed by atoms with E-state index in [1.165, 1.54) is 6.26 Å². The minimum absolute atomic E-state index is 0.206. The molecule has 0 amide bonds. The maximum absolute atomic E-state index is 11.8. The molecule has 0 radical (unpaired) electrons. The van der Waals surface area contributed by atoms with Crippen LogP contribution in [-0.2, 0) is 9.53 Å². The van der Waals surface area contributed by atoms with Gasteiger partial charge in [0, 0.05) is 0 Å². The van der Waals surface area contributed by atoms with Crippen LogP contribution in [0.5, 0.6) is 0 Å². The maximum Gasteiger partial charge on any atom is 0.316 e. The monoisotopic (exact) mass is 208 g/mol. The van der Waals surface area contributed by atoms with Crippen molar-refractivity contribution >= 4 is 5.97 Å². The number of carbonyl (C=O) groups excluding carboxylic acids is 1. The van der Waals surface area contributed by atoms with Crippen molar-refractivity contribution in [2.45, 2.75) is 33.1 Å². The zero-order valence-corrected chi connectivity index (χ0v) is 9.66. The summed E-state index contributed by atoms with van der Waals surface area (Å²) in [7, 11) is 0. The predicted octanol–water partition coefficient (Wildman–Crippen LogP) is 3.61. The van der Waals surface area contributed by atoms with Gasteiger partial charge in [-0.05, 0) is 25.8 Å². The van der Waals surface area contributed by atoms with Gasteiger partial charge in [-0.25, -0.2) is 0 Å². The van der Waals surface area contributed by atoms with E-state index in [1.807, 2.05) is 13.8 Å². The highest BCUT2D eigenvalue weighted by Crippen LogP contribution is 2.29. The molecular formula is C13H20O2. The van der Waals surface area contributed by atoms with Crippen molar-refractivity contribution in [1.29, 1.82) is 0 Å². The summed E-state index contributed by atoms with van der Waals surface area (Å²) in [5.74, 6) is -0.206. The molecule has 0 saturated heterocycles. The van der Waals surface area contributed by atoms with Gasteiger partial charge in [-0.2, -0.15) is 0 Å². The first-order chi connectivity index (χ1) is 7.10. The Kier molecular flexibility index (Phi) is 6.43. The number of allylic oxidation sites excluding steroid dienone is 3. The Morgan fingerprint density at radius 3 is 2.60 bits per heavy atom. The third-order valence-corrected chi connectivity index (χ3v) is 2.28. The van der Waals surface area contributed by atoms with Crippen LogP contribution < -0.4 is 0 Å². The second-order valence-electron chi connectivity index (χ2n) is 3.77. The van der Waals surface area contributed by atoms with Gasteiger partial charge in [0.15, 0.2) is 0 Å². The Morgan fingerprint density at radius 1 is 1.47 bits per heavy atom. The van der Waals surface area contributed by atoms with E-state index in [1.54, 1.807) is 18.2 Å². The lowest BCUT2D eigenvalue weighted by atomic mass is 9.82. The van der Waals surface area contributed by atoms with Crippen LogP contribution in [-0.4, -0.2) is 5.97 Å². The first-order valence-corrected chi connectivity index (χ1v) is 5.20. The lowest BCUT2D eigenvalue weighted by Gasteiger charge is -2.24. The average Bonchev–Trinajstić information content (AvgIpc) is 2.18. The smallest absolute Gasteiger partial charge is 0.316 e. The van der Waals surface area contributed by atoms with Gasteiger partial charge >= 0.3 is 5.97 Å². The van der Waals surface area contributed by atoms with Crippen molar-refractivity contribution in [3.63, 3.8) is 0 Å². The van der Waals surface area contributed by atoms with Crippen molar-refractivity contribution in [2.24, 2.45) is 5.41 Å². The molecule has 2 nitrogen and oxygen atoms in total. The third-order valence-electron chi connectivity index (χ3n) is 2.28. The fraction of sp³-hybridized carbons (Fsp3) is 0.462. The zero-order chi connectivity index (χ0) is 11.7. The molecule has 0 bridgehead atoms. The average molecular weight is 208 g/mol. The molecule has 0 spiro atoms. The molecule has 1 atom stereocenters. The Hall–Kier alpha value is -1.31. The van der Waals surface area contributed by atoms with Gasteiger partial charge in [-0.3, -0.25) is 4.79 Å². The Morgan fingerprint density at radius 2 is 2.13 bits per heavy atom. The molecule has 0 aromatic rings. The fourth-order valence-electron chi connectivity index (χ4n) is 1.46. The quantitative estimate of drug-likeness (QED) is 0.276. The summed E-state index contributed by atoms with van der Waals surface area (Å²) in [4.78, 5) is 11.8. The SMILES string of the molecule is C=CC=COC(=O)C(C)(CC=C)CCC. The van der Waals surface area contributed by atoms with Crippen molar-refractivity contribution in [3.8, 4) is 0 Å². The largest absolute Gasteiger partial charge is 0.434 e. The lowest BCUT2D eigenvalue weighted by molar-refractivity contribution is -0.149. The molecule has 15 heavy (non-hydrogen) atoms. The molecule has 2 heteroatoms. The summed E-state index contributed by atoms with van der Waals surface area (Å²) in [5, 5.41) is 0. The van der Waals surface area contributed by atoms with Gasteiger partial charge in [-0.1, -0.05) is 32.1 Å². The first kappa shape index (κ1) is 13.7. The van der Waals surface area contributed by atoms with Crippen LogP contribution in [0, 0.1) is 5.41 Å². The number of esters is 1. The summed E-state index contributed by atoms with van der Waals surface area (Å²) in [6, 6.07) is 0. The summed E-state index contributed by atoms with van der Waals surface area (Å²) >= 11 is 0. The molecule has 0 fully saturated rings. The van der Waals surface area contributed by atoms with Crippen molar-refractivity contribution in [3.05, 3.63) is 37.6 Å². The van der Waals surface area contributed by atoms with Gasteiger partial charge in [0.2, 0.25) is 0 Å². The molecule has 0 heterocycles. The fourth-order valence-corrected chi connectivity index (χ4v) is 1.46. The molecule has 1 unspecified atom stereocenters. The van der Waals surface area contributed by atoms with Crippen LogP contribution in [0.25, 0.3) is 0 Å². The molecule has 0 aromatic carbocycles.